The number of amides is 2. The Bertz CT molecular complexity index is 840. The second-order valence-corrected chi connectivity index (χ2v) is 5.93. The largest absolute Gasteiger partial charge is 0.484 e. The van der Waals surface area contributed by atoms with Crippen molar-refractivity contribution in [3.8, 4) is 5.75 Å². The third kappa shape index (κ3) is 6.70. The van der Waals surface area contributed by atoms with E-state index in [1.54, 1.807) is 6.92 Å². The highest BCUT2D eigenvalue weighted by molar-refractivity contribution is 6.30. The first kappa shape index (κ1) is 20.4. The second-order valence-electron chi connectivity index (χ2n) is 5.52. The van der Waals surface area contributed by atoms with Gasteiger partial charge in [0.2, 0.25) is 5.76 Å². The van der Waals surface area contributed by atoms with E-state index in [1.807, 2.05) is 0 Å². The number of hydrogen-bond donors (Lipinski definition) is 2. The molecule has 1 heterocycles. The fourth-order valence-corrected chi connectivity index (χ4v) is 2.04. The van der Waals surface area contributed by atoms with Gasteiger partial charge in [-0.3, -0.25) is 14.4 Å². The van der Waals surface area contributed by atoms with Gasteiger partial charge in [0, 0.05) is 25.1 Å². The molecule has 0 aliphatic carbocycles. The van der Waals surface area contributed by atoms with E-state index in [0.29, 0.717) is 5.69 Å². The molecule has 0 radical (unpaired) electrons. The van der Waals surface area contributed by atoms with Crippen LogP contribution in [0.15, 0.2) is 28.8 Å². The van der Waals surface area contributed by atoms with Gasteiger partial charge in [0.05, 0.1) is 17.3 Å². The van der Waals surface area contributed by atoms with Crippen LogP contribution in [0.5, 0.6) is 5.75 Å². The second kappa shape index (κ2) is 9.67. The Morgan fingerprint density at radius 1 is 1.26 bits per heavy atom. The highest BCUT2D eigenvalue weighted by atomic mass is 35.5. The fourth-order valence-electron chi connectivity index (χ4n) is 1.93. The first-order valence-corrected chi connectivity index (χ1v) is 8.30. The van der Waals surface area contributed by atoms with Gasteiger partial charge in [0.15, 0.2) is 12.4 Å². The first-order chi connectivity index (χ1) is 12.8. The molecule has 144 valence electrons. The van der Waals surface area contributed by atoms with Gasteiger partial charge in [-0.05, 0) is 19.1 Å². The van der Waals surface area contributed by atoms with Crippen LogP contribution in [0.4, 0.5) is 4.39 Å². The summed E-state index contributed by atoms with van der Waals surface area (Å²) in [7, 11) is 0. The van der Waals surface area contributed by atoms with Crippen molar-refractivity contribution in [1.29, 1.82) is 0 Å². The first-order valence-electron chi connectivity index (χ1n) is 7.93. The molecule has 2 N–H and O–H groups in total. The number of nitrogens with one attached hydrogen (secondary N) is 2. The number of nitrogens with zero attached hydrogens (tertiary/aromatic N) is 1. The zero-order valence-corrected chi connectivity index (χ0v) is 15.1. The standard InChI is InChI=1S/C17H17ClFN3O5/c1-10-6-15(27-22-10)17(25)20-5-4-11(23)8-21-16(24)9-26-12-2-3-13(18)14(19)7-12/h2-3,6-7H,4-5,8-9H2,1H3,(H,20,25)(H,21,24). The number of carbonyl (C=O) groups is 3. The van der Waals surface area contributed by atoms with Crippen molar-refractivity contribution in [2.75, 3.05) is 19.7 Å². The van der Waals surface area contributed by atoms with E-state index in [0.717, 1.165) is 6.07 Å². The Balaban J connectivity index is 1.62. The van der Waals surface area contributed by atoms with Gasteiger partial charge in [-0.2, -0.15) is 0 Å². The topological polar surface area (TPSA) is 111 Å². The lowest BCUT2D eigenvalue weighted by molar-refractivity contribution is -0.126. The van der Waals surface area contributed by atoms with Crippen molar-refractivity contribution in [3.05, 3.63) is 46.6 Å². The average Bonchev–Trinajstić information content (AvgIpc) is 3.07. The third-order valence-electron chi connectivity index (χ3n) is 3.28. The molecule has 0 spiro atoms. The summed E-state index contributed by atoms with van der Waals surface area (Å²) in [6.45, 7) is 1.18. The smallest absolute Gasteiger partial charge is 0.289 e. The van der Waals surface area contributed by atoms with Gasteiger partial charge in [-0.25, -0.2) is 4.39 Å². The predicted molar refractivity (Wildman–Crippen MR) is 93.1 cm³/mol. The maximum absolute atomic E-state index is 13.2. The normalized spacial score (nSPS) is 10.3. The molecule has 1 aromatic carbocycles. The van der Waals surface area contributed by atoms with Crippen LogP contribution in [-0.4, -0.2) is 42.5 Å². The minimum absolute atomic E-state index is 0.0302. The van der Waals surface area contributed by atoms with Gasteiger partial charge in [0.25, 0.3) is 11.8 Å². The monoisotopic (exact) mass is 397 g/mol. The molecule has 1 aromatic heterocycles. The van der Waals surface area contributed by atoms with E-state index in [2.05, 4.69) is 15.8 Å². The Kier molecular flexibility index (Phi) is 7.30. The van der Waals surface area contributed by atoms with Crippen molar-refractivity contribution in [3.63, 3.8) is 0 Å². The van der Waals surface area contributed by atoms with Crippen molar-refractivity contribution in [2.45, 2.75) is 13.3 Å². The van der Waals surface area contributed by atoms with Crippen molar-refractivity contribution in [1.82, 2.24) is 15.8 Å². The molecule has 0 saturated carbocycles. The zero-order chi connectivity index (χ0) is 19.8. The van der Waals surface area contributed by atoms with Crippen molar-refractivity contribution in [2.24, 2.45) is 0 Å². The van der Waals surface area contributed by atoms with Gasteiger partial charge >= 0.3 is 0 Å². The highest BCUT2D eigenvalue weighted by Crippen LogP contribution is 2.20. The summed E-state index contributed by atoms with van der Waals surface area (Å²) in [5.74, 6) is -1.76. The van der Waals surface area contributed by atoms with Crippen LogP contribution in [0, 0.1) is 12.7 Å². The molecule has 2 rings (SSSR count). The van der Waals surface area contributed by atoms with Gasteiger partial charge in [-0.1, -0.05) is 16.8 Å². The summed E-state index contributed by atoms with van der Waals surface area (Å²) >= 11 is 5.54. The summed E-state index contributed by atoms with van der Waals surface area (Å²) in [5, 5.41) is 8.42. The molecule has 0 fully saturated rings. The van der Waals surface area contributed by atoms with Gasteiger partial charge in [0.1, 0.15) is 11.6 Å². The summed E-state index contributed by atoms with van der Waals surface area (Å²) in [6.07, 6.45) is 0.0302. The van der Waals surface area contributed by atoms with E-state index >= 15 is 0 Å². The number of aryl methyl sites for hydroxylation is 1. The minimum atomic E-state index is -0.660. The number of carbonyl (C=O) groups excluding carboxylic acids is 3. The Hall–Kier alpha value is -2.94. The molecule has 0 bridgehead atoms. The lowest BCUT2D eigenvalue weighted by Gasteiger charge is -2.08. The van der Waals surface area contributed by atoms with Crippen LogP contribution in [0.1, 0.15) is 22.7 Å². The molecular formula is C17H17ClFN3O5. The van der Waals surface area contributed by atoms with Crippen LogP contribution in [0.2, 0.25) is 5.02 Å². The Morgan fingerprint density at radius 2 is 2.04 bits per heavy atom. The van der Waals surface area contributed by atoms with E-state index in [4.69, 9.17) is 20.9 Å². The maximum atomic E-state index is 13.2. The fraction of sp³-hybridized carbons (Fsp3) is 0.294. The quantitative estimate of drug-likeness (QED) is 0.665. The zero-order valence-electron chi connectivity index (χ0n) is 14.4. The lowest BCUT2D eigenvalue weighted by atomic mass is 10.2. The SMILES string of the molecule is Cc1cc(C(=O)NCCC(=O)CNC(=O)COc2ccc(Cl)c(F)c2)on1. The van der Waals surface area contributed by atoms with Crippen LogP contribution >= 0.6 is 11.6 Å². The number of hydrogen-bond acceptors (Lipinski definition) is 6. The molecule has 10 heteroatoms. The van der Waals surface area contributed by atoms with E-state index in [9.17, 15) is 18.8 Å². The molecule has 8 nitrogen and oxygen atoms in total. The highest BCUT2D eigenvalue weighted by Gasteiger charge is 2.12. The number of ether oxygens (including phenoxy) is 1. The molecule has 0 atom stereocenters. The molecule has 0 aliphatic heterocycles. The molecule has 2 aromatic rings. The van der Waals surface area contributed by atoms with Crippen LogP contribution < -0.4 is 15.4 Å². The predicted octanol–water partition coefficient (Wildman–Crippen LogP) is 1.66. The molecule has 0 unspecified atom stereocenters. The van der Waals surface area contributed by atoms with E-state index in [-0.39, 0.29) is 48.4 Å². The lowest BCUT2D eigenvalue weighted by Crippen LogP contribution is -2.35. The van der Waals surface area contributed by atoms with E-state index in [1.165, 1.54) is 18.2 Å². The minimum Gasteiger partial charge on any atom is -0.484 e. The summed E-state index contributed by atoms with van der Waals surface area (Å²) in [4.78, 5) is 35.1. The Morgan fingerprint density at radius 3 is 2.70 bits per heavy atom. The molecule has 2 amide bonds. The van der Waals surface area contributed by atoms with Crippen molar-refractivity contribution >= 4 is 29.2 Å². The number of Topliss-reactive ketones (excluding diaryl/α,β-unsaturated/α-hetero) is 1. The van der Waals surface area contributed by atoms with Crippen LogP contribution in [0.3, 0.4) is 0 Å². The Labute approximate surface area is 159 Å². The molecule has 0 saturated heterocycles. The summed E-state index contributed by atoms with van der Waals surface area (Å²) < 4.78 is 23.1. The van der Waals surface area contributed by atoms with Gasteiger partial charge in [-0.15, -0.1) is 0 Å². The van der Waals surface area contributed by atoms with Crippen molar-refractivity contribution < 1.29 is 28.0 Å². The van der Waals surface area contributed by atoms with Crippen LogP contribution in [0.25, 0.3) is 0 Å². The molecule has 27 heavy (non-hydrogen) atoms. The summed E-state index contributed by atoms with van der Waals surface area (Å²) in [6, 6.07) is 5.26. The average molecular weight is 398 g/mol. The molecule has 0 aliphatic rings. The molecular weight excluding hydrogens is 381 g/mol. The number of benzene rings is 1. The number of rotatable bonds is 9. The van der Waals surface area contributed by atoms with Gasteiger partial charge < -0.3 is 19.9 Å². The van der Waals surface area contributed by atoms with E-state index < -0.39 is 17.6 Å². The number of aromatic nitrogens is 1. The maximum Gasteiger partial charge on any atom is 0.289 e. The number of halogens is 2. The summed E-state index contributed by atoms with van der Waals surface area (Å²) in [5.41, 5.74) is 0.572. The number of ketones is 1. The van der Waals surface area contributed by atoms with Crippen LogP contribution in [-0.2, 0) is 9.59 Å². The third-order valence-corrected chi connectivity index (χ3v) is 3.59.